The van der Waals surface area contributed by atoms with E-state index in [0.29, 0.717) is 19.1 Å². The highest BCUT2D eigenvalue weighted by Gasteiger charge is 2.21. The molecule has 0 aliphatic carbocycles. The molecular formula is C17H26N2O2. The summed E-state index contributed by atoms with van der Waals surface area (Å²) in [4.78, 5) is 14.1. The van der Waals surface area contributed by atoms with E-state index in [1.54, 1.807) is 0 Å². The van der Waals surface area contributed by atoms with Gasteiger partial charge in [0.15, 0.2) is 0 Å². The molecule has 1 fully saturated rings. The predicted octanol–water partition coefficient (Wildman–Crippen LogP) is 2.28. The monoisotopic (exact) mass is 290 g/mol. The number of ether oxygens (including phenoxy) is 1. The Hall–Kier alpha value is -1.55. The van der Waals surface area contributed by atoms with Crippen LogP contribution in [0.4, 0.5) is 0 Å². The van der Waals surface area contributed by atoms with Crippen LogP contribution in [0.25, 0.3) is 0 Å². The zero-order valence-corrected chi connectivity index (χ0v) is 13.3. The Balaban J connectivity index is 1.74. The van der Waals surface area contributed by atoms with Crippen molar-refractivity contribution in [2.45, 2.75) is 39.2 Å². The van der Waals surface area contributed by atoms with Gasteiger partial charge in [-0.1, -0.05) is 6.07 Å². The lowest BCUT2D eigenvalue weighted by Crippen LogP contribution is -2.44. The zero-order valence-electron chi connectivity index (χ0n) is 13.3. The molecule has 1 saturated heterocycles. The molecule has 0 bridgehead atoms. The Morgan fingerprint density at radius 1 is 1.24 bits per heavy atom. The van der Waals surface area contributed by atoms with Gasteiger partial charge in [-0.3, -0.25) is 4.79 Å². The molecule has 0 atom stereocenters. The number of aryl methyl sites for hydroxylation is 2. The van der Waals surface area contributed by atoms with Crippen LogP contribution in [0, 0.1) is 13.8 Å². The van der Waals surface area contributed by atoms with Crippen molar-refractivity contribution in [2.24, 2.45) is 0 Å². The average Bonchev–Trinajstić information content (AvgIpc) is 2.46. The fourth-order valence-corrected chi connectivity index (χ4v) is 2.85. The van der Waals surface area contributed by atoms with Crippen LogP contribution in [0.15, 0.2) is 18.2 Å². The molecule has 4 heteroatoms. The topological polar surface area (TPSA) is 41.6 Å². The molecule has 2 rings (SSSR count). The van der Waals surface area contributed by atoms with Crippen molar-refractivity contribution in [1.82, 2.24) is 10.2 Å². The predicted molar refractivity (Wildman–Crippen MR) is 84.7 cm³/mol. The summed E-state index contributed by atoms with van der Waals surface area (Å²) in [5.74, 6) is 1.06. The number of rotatable bonds is 5. The molecule has 21 heavy (non-hydrogen) atoms. The maximum atomic E-state index is 12.1. The third kappa shape index (κ3) is 4.74. The van der Waals surface area contributed by atoms with Crippen molar-refractivity contribution >= 4 is 5.91 Å². The second-order valence-corrected chi connectivity index (χ2v) is 5.87. The summed E-state index contributed by atoms with van der Waals surface area (Å²) in [6, 6.07) is 6.69. The summed E-state index contributed by atoms with van der Waals surface area (Å²) >= 11 is 0. The van der Waals surface area contributed by atoms with Gasteiger partial charge in [0.05, 0.1) is 13.0 Å². The van der Waals surface area contributed by atoms with Crippen LogP contribution in [-0.4, -0.2) is 43.6 Å². The molecular weight excluding hydrogens is 264 g/mol. The minimum atomic E-state index is 0.203. The Labute approximate surface area is 127 Å². The highest BCUT2D eigenvalue weighted by molar-refractivity contribution is 5.76. The van der Waals surface area contributed by atoms with Crippen LogP contribution in [0.5, 0.6) is 5.75 Å². The zero-order chi connectivity index (χ0) is 15.2. The lowest BCUT2D eigenvalue weighted by molar-refractivity contribution is -0.132. The van der Waals surface area contributed by atoms with Crippen molar-refractivity contribution in [3.05, 3.63) is 29.3 Å². The van der Waals surface area contributed by atoms with Crippen LogP contribution < -0.4 is 10.1 Å². The third-order valence-corrected chi connectivity index (χ3v) is 4.04. The van der Waals surface area contributed by atoms with Gasteiger partial charge in [-0.25, -0.2) is 0 Å². The van der Waals surface area contributed by atoms with E-state index in [1.807, 2.05) is 24.1 Å². The van der Waals surface area contributed by atoms with Gasteiger partial charge in [0, 0.05) is 19.1 Å². The van der Waals surface area contributed by atoms with Crippen LogP contribution >= 0.6 is 0 Å². The van der Waals surface area contributed by atoms with Gasteiger partial charge in [-0.05, 0) is 57.0 Å². The summed E-state index contributed by atoms with van der Waals surface area (Å²) in [5.41, 5.74) is 2.37. The first-order chi connectivity index (χ1) is 10.1. The van der Waals surface area contributed by atoms with E-state index in [-0.39, 0.29) is 5.91 Å². The Bertz CT molecular complexity index is 459. The highest BCUT2D eigenvalue weighted by atomic mass is 16.5. The normalized spacial score (nSPS) is 16.0. The number of nitrogens with one attached hydrogen (secondary N) is 1. The number of amides is 1. The first kappa shape index (κ1) is 15.8. The SMILES string of the molecule is CNC1CCN(C(=O)CCOc2cc(C)cc(C)c2)CC1. The molecule has 0 spiro atoms. The summed E-state index contributed by atoms with van der Waals surface area (Å²) in [6.07, 6.45) is 2.54. The van der Waals surface area contributed by atoms with Crippen molar-refractivity contribution < 1.29 is 9.53 Å². The van der Waals surface area contributed by atoms with Gasteiger partial charge in [0.2, 0.25) is 5.91 Å². The van der Waals surface area contributed by atoms with Gasteiger partial charge >= 0.3 is 0 Å². The Morgan fingerprint density at radius 2 is 1.86 bits per heavy atom. The molecule has 1 aliphatic rings. The smallest absolute Gasteiger partial charge is 0.225 e. The van der Waals surface area contributed by atoms with E-state index < -0.39 is 0 Å². The van der Waals surface area contributed by atoms with E-state index in [2.05, 4.69) is 25.2 Å². The molecule has 1 aliphatic heterocycles. The fourth-order valence-electron chi connectivity index (χ4n) is 2.85. The van der Waals surface area contributed by atoms with E-state index in [9.17, 15) is 4.79 Å². The Kier molecular flexibility index (Phi) is 5.62. The molecule has 0 aromatic heterocycles. The molecule has 0 unspecified atom stereocenters. The van der Waals surface area contributed by atoms with Crippen LogP contribution in [-0.2, 0) is 4.79 Å². The maximum Gasteiger partial charge on any atom is 0.225 e. The maximum absolute atomic E-state index is 12.1. The van der Waals surface area contributed by atoms with Gasteiger partial charge in [-0.15, -0.1) is 0 Å². The largest absolute Gasteiger partial charge is 0.493 e. The van der Waals surface area contributed by atoms with Crippen molar-refractivity contribution in [3.8, 4) is 5.75 Å². The minimum absolute atomic E-state index is 0.203. The number of piperidine rings is 1. The number of likely N-dealkylation sites (tertiary alicyclic amines) is 1. The van der Waals surface area contributed by atoms with Crippen molar-refractivity contribution in [3.63, 3.8) is 0 Å². The molecule has 0 saturated carbocycles. The Morgan fingerprint density at radius 3 is 2.43 bits per heavy atom. The molecule has 1 amide bonds. The molecule has 1 aromatic carbocycles. The first-order valence-corrected chi connectivity index (χ1v) is 7.74. The van der Waals surface area contributed by atoms with Gasteiger partial charge in [-0.2, -0.15) is 0 Å². The molecule has 1 aromatic rings. The van der Waals surface area contributed by atoms with Crippen molar-refractivity contribution in [2.75, 3.05) is 26.7 Å². The number of nitrogens with zero attached hydrogens (tertiary/aromatic N) is 1. The number of benzene rings is 1. The van der Waals surface area contributed by atoms with E-state index >= 15 is 0 Å². The summed E-state index contributed by atoms with van der Waals surface area (Å²) in [6.45, 7) is 6.27. The van der Waals surface area contributed by atoms with Gasteiger partial charge < -0.3 is 15.0 Å². The summed E-state index contributed by atoms with van der Waals surface area (Å²) in [7, 11) is 1.99. The van der Waals surface area contributed by atoms with E-state index in [4.69, 9.17) is 4.74 Å². The van der Waals surface area contributed by atoms with Gasteiger partial charge in [0.25, 0.3) is 0 Å². The standard InChI is InChI=1S/C17H26N2O2/c1-13-10-14(2)12-16(11-13)21-9-6-17(20)19-7-4-15(18-3)5-8-19/h10-12,15,18H,4-9H2,1-3H3. The van der Waals surface area contributed by atoms with E-state index in [0.717, 1.165) is 31.7 Å². The molecule has 116 valence electrons. The van der Waals surface area contributed by atoms with Gasteiger partial charge in [0.1, 0.15) is 5.75 Å². The quantitative estimate of drug-likeness (QED) is 0.904. The third-order valence-electron chi connectivity index (χ3n) is 4.04. The minimum Gasteiger partial charge on any atom is -0.493 e. The average molecular weight is 290 g/mol. The molecule has 1 N–H and O–H groups in total. The van der Waals surface area contributed by atoms with E-state index in [1.165, 1.54) is 11.1 Å². The lowest BCUT2D eigenvalue weighted by atomic mass is 10.1. The number of hydrogen-bond acceptors (Lipinski definition) is 3. The summed E-state index contributed by atoms with van der Waals surface area (Å²) < 4.78 is 5.71. The number of carbonyl (C=O) groups is 1. The lowest BCUT2D eigenvalue weighted by Gasteiger charge is -2.31. The van der Waals surface area contributed by atoms with Crippen LogP contribution in [0.2, 0.25) is 0 Å². The number of carbonyl (C=O) groups excluding carboxylic acids is 1. The highest BCUT2D eigenvalue weighted by Crippen LogP contribution is 2.17. The van der Waals surface area contributed by atoms with Crippen LogP contribution in [0.3, 0.4) is 0 Å². The fraction of sp³-hybridized carbons (Fsp3) is 0.588. The molecule has 1 heterocycles. The summed E-state index contributed by atoms with van der Waals surface area (Å²) in [5, 5.41) is 3.28. The van der Waals surface area contributed by atoms with Crippen molar-refractivity contribution in [1.29, 1.82) is 0 Å². The molecule has 4 nitrogen and oxygen atoms in total. The second kappa shape index (κ2) is 7.46. The van der Waals surface area contributed by atoms with Crippen LogP contribution in [0.1, 0.15) is 30.4 Å². The first-order valence-electron chi connectivity index (χ1n) is 7.74. The second-order valence-electron chi connectivity index (χ2n) is 5.87. The number of hydrogen-bond donors (Lipinski definition) is 1. The molecule has 0 radical (unpaired) electrons.